The van der Waals surface area contributed by atoms with Crippen molar-refractivity contribution in [2.75, 3.05) is 13.2 Å². The van der Waals surface area contributed by atoms with E-state index in [0.717, 1.165) is 10.9 Å². The van der Waals surface area contributed by atoms with Gasteiger partial charge in [-0.3, -0.25) is 4.79 Å². The Bertz CT molecular complexity index is 533. The first-order chi connectivity index (χ1) is 7.81. The van der Waals surface area contributed by atoms with Crippen molar-refractivity contribution in [2.45, 2.75) is 6.42 Å². The molecular formula is C12H13NO3. The molecule has 0 amide bonds. The highest BCUT2D eigenvalue weighted by molar-refractivity contribution is 5.79. The van der Waals surface area contributed by atoms with Crippen molar-refractivity contribution in [3.8, 4) is 5.75 Å². The number of aromatic amines is 1. The fourth-order valence-corrected chi connectivity index (χ4v) is 1.48. The molecule has 0 aliphatic rings. The van der Waals surface area contributed by atoms with Crippen LogP contribution in [0.1, 0.15) is 6.42 Å². The maximum Gasteiger partial charge on any atom is 0.290 e. The second kappa shape index (κ2) is 4.81. The fraction of sp³-hybridized carbons (Fsp3) is 0.250. The quantitative estimate of drug-likeness (QED) is 0.762. The van der Waals surface area contributed by atoms with E-state index in [9.17, 15) is 4.79 Å². The molecule has 0 unspecified atom stereocenters. The molecule has 0 saturated carbocycles. The van der Waals surface area contributed by atoms with Crippen LogP contribution in [0.2, 0.25) is 0 Å². The van der Waals surface area contributed by atoms with Crippen LogP contribution in [0.5, 0.6) is 5.75 Å². The first-order valence-electron chi connectivity index (χ1n) is 5.17. The lowest BCUT2D eigenvalue weighted by molar-refractivity contribution is 0.232. The van der Waals surface area contributed by atoms with Crippen molar-refractivity contribution in [3.05, 3.63) is 40.7 Å². The molecule has 0 radical (unpaired) electrons. The third kappa shape index (κ3) is 2.23. The van der Waals surface area contributed by atoms with E-state index in [1.807, 2.05) is 24.3 Å². The largest absolute Gasteiger partial charge is 0.488 e. The monoisotopic (exact) mass is 219 g/mol. The molecule has 0 fully saturated rings. The molecule has 0 bridgehead atoms. The zero-order valence-electron chi connectivity index (χ0n) is 8.77. The highest BCUT2D eigenvalue weighted by Gasteiger charge is 2.02. The van der Waals surface area contributed by atoms with Crippen LogP contribution in [-0.2, 0) is 0 Å². The number of H-pyrrole nitrogens is 1. The summed E-state index contributed by atoms with van der Waals surface area (Å²) in [4.78, 5) is 14.3. The molecule has 0 atom stereocenters. The van der Waals surface area contributed by atoms with E-state index in [0.29, 0.717) is 18.8 Å². The van der Waals surface area contributed by atoms with Crippen molar-refractivity contribution in [3.63, 3.8) is 0 Å². The van der Waals surface area contributed by atoms with Crippen molar-refractivity contribution < 1.29 is 9.84 Å². The Hall–Kier alpha value is -1.81. The third-order valence-electron chi connectivity index (χ3n) is 2.28. The van der Waals surface area contributed by atoms with Crippen LogP contribution >= 0.6 is 0 Å². The van der Waals surface area contributed by atoms with E-state index in [2.05, 4.69) is 4.98 Å². The molecule has 1 aromatic carbocycles. The fourth-order valence-electron chi connectivity index (χ4n) is 1.48. The van der Waals surface area contributed by atoms with E-state index < -0.39 is 0 Å². The van der Waals surface area contributed by atoms with Crippen molar-refractivity contribution in [1.29, 1.82) is 0 Å². The second-order valence-corrected chi connectivity index (χ2v) is 3.48. The predicted octanol–water partition coefficient (Wildman–Crippen LogP) is 1.29. The van der Waals surface area contributed by atoms with Gasteiger partial charge in [-0.1, -0.05) is 18.2 Å². The lowest BCUT2D eigenvalue weighted by Crippen LogP contribution is -2.12. The summed E-state index contributed by atoms with van der Waals surface area (Å²) in [5.41, 5.74) is 0.554. The number of nitrogens with one attached hydrogen (secondary N) is 1. The number of fused-ring (bicyclic) bond motifs is 1. The van der Waals surface area contributed by atoms with Crippen LogP contribution in [-0.4, -0.2) is 23.3 Å². The minimum Gasteiger partial charge on any atom is -0.488 e. The average Bonchev–Trinajstić information content (AvgIpc) is 2.30. The van der Waals surface area contributed by atoms with Crippen molar-refractivity contribution in [2.24, 2.45) is 0 Å². The standard InChI is InChI=1S/C12H13NO3/c14-6-3-7-16-11-8-9-4-1-2-5-10(9)13-12(11)15/h1-2,4-5,8,14H,3,6-7H2,(H,13,15). The van der Waals surface area contributed by atoms with E-state index in [1.54, 1.807) is 6.07 Å². The van der Waals surface area contributed by atoms with Gasteiger partial charge in [0.1, 0.15) is 0 Å². The van der Waals surface area contributed by atoms with Gasteiger partial charge in [-0.2, -0.15) is 0 Å². The number of pyridine rings is 1. The number of ether oxygens (including phenoxy) is 1. The number of benzene rings is 1. The zero-order valence-corrected chi connectivity index (χ0v) is 8.77. The molecule has 1 heterocycles. The first-order valence-corrected chi connectivity index (χ1v) is 5.17. The van der Waals surface area contributed by atoms with Crippen LogP contribution in [0.25, 0.3) is 10.9 Å². The summed E-state index contributed by atoms with van der Waals surface area (Å²) in [5, 5.41) is 9.55. The summed E-state index contributed by atoms with van der Waals surface area (Å²) < 4.78 is 5.28. The highest BCUT2D eigenvalue weighted by atomic mass is 16.5. The number of para-hydroxylation sites is 1. The topological polar surface area (TPSA) is 62.3 Å². The Morgan fingerprint density at radius 2 is 2.12 bits per heavy atom. The number of aliphatic hydroxyl groups excluding tert-OH is 1. The van der Waals surface area contributed by atoms with Crippen molar-refractivity contribution >= 4 is 10.9 Å². The Morgan fingerprint density at radius 1 is 1.31 bits per heavy atom. The van der Waals surface area contributed by atoms with Crippen LogP contribution in [0.4, 0.5) is 0 Å². The van der Waals surface area contributed by atoms with Crippen LogP contribution < -0.4 is 10.3 Å². The highest BCUT2D eigenvalue weighted by Crippen LogP contribution is 2.14. The van der Waals surface area contributed by atoms with Gasteiger partial charge in [0.2, 0.25) is 0 Å². The molecule has 4 heteroatoms. The van der Waals surface area contributed by atoms with Gasteiger partial charge in [0.25, 0.3) is 5.56 Å². The van der Waals surface area contributed by atoms with Gasteiger partial charge in [0.15, 0.2) is 5.75 Å². The van der Waals surface area contributed by atoms with E-state index in [4.69, 9.17) is 9.84 Å². The molecule has 0 spiro atoms. The summed E-state index contributed by atoms with van der Waals surface area (Å²) >= 11 is 0. The normalized spacial score (nSPS) is 10.6. The molecular weight excluding hydrogens is 206 g/mol. The summed E-state index contributed by atoms with van der Waals surface area (Å²) in [6, 6.07) is 9.23. The SMILES string of the molecule is O=c1[nH]c2ccccc2cc1OCCCO. The number of rotatable bonds is 4. The molecule has 0 saturated heterocycles. The molecule has 16 heavy (non-hydrogen) atoms. The molecule has 2 rings (SSSR count). The maximum atomic E-state index is 11.6. The lowest BCUT2D eigenvalue weighted by atomic mass is 10.2. The van der Waals surface area contributed by atoms with Crippen LogP contribution in [0.15, 0.2) is 35.1 Å². The number of hydrogen-bond acceptors (Lipinski definition) is 3. The minimum absolute atomic E-state index is 0.0610. The maximum absolute atomic E-state index is 11.6. The Kier molecular flexibility index (Phi) is 3.22. The lowest BCUT2D eigenvalue weighted by Gasteiger charge is -2.05. The van der Waals surface area contributed by atoms with Gasteiger partial charge in [-0.05, 0) is 12.1 Å². The number of aliphatic hydroxyl groups is 1. The molecule has 0 aliphatic carbocycles. The Morgan fingerprint density at radius 3 is 2.94 bits per heavy atom. The van der Waals surface area contributed by atoms with Gasteiger partial charge in [0, 0.05) is 23.9 Å². The van der Waals surface area contributed by atoms with E-state index >= 15 is 0 Å². The summed E-state index contributed by atoms with van der Waals surface area (Å²) in [5.74, 6) is 0.298. The average molecular weight is 219 g/mol. The smallest absolute Gasteiger partial charge is 0.290 e. The summed E-state index contributed by atoms with van der Waals surface area (Å²) in [7, 11) is 0. The number of aromatic nitrogens is 1. The molecule has 0 aliphatic heterocycles. The van der Waals surface area contributed by atoms with Gasteiger partial charge in [-0.15, -0.1) is 0 Å². The molecule has 4 nitrogen and oxygen atoms in total. The van der Waals surface area contributed by atoms with Gasteiger partial charge in [-0.25, -0.2) is 0 Å². The van der Waals surface area contributed by atoms with E-state index in [1.165, 1.54) is 0 Å². The van der Waals surface area contributed by atoms with Gasteiger partial charge < -0.3 is 14.8 Å². The van der Waals surface area contributed by atoms with Crippen LogP contribution in [0, 0.1) is 0 Å². The predicted molar refractivity (Wildman–Crippen MR) is 61.8 cm³/mol. The molecule has 2 N–H and O–H groups in total. The van der Waals surface area contributed by atoms with Crippen molar-refractivity contribution in [1.82, 2.24) is 4.98 Å². The molecule has 2 aromatic rings. The summed E-state index contributed by atoms with van der Waals surface area (Å²) in [6.45, 7) is 0.406. The third-order valence-corrected chi connectivity index (χ3v) is 2.28. The molecule has 84 valence electrons. The van der Waals surface area contributed by atoms with Crippen LogP contribution in [0.3, 0.4) is 0 Å². The Labute approximate surface area is 92.5 Å². The number of hydrogen-bond donors (Lipinski definition) is 2. The zero-order chi connectivity index (χ0) is 11.4. The van der Waals surface area contributed by atoms with E-state index in [-0.39, 0.29) is 12.2 Å². The molecule has 1 aromatic heterocycles. The van der Waals surface area contributed by atoms with Gasteiger partial charge >= 0.3 is 0 Å². The summed E-state index contributed by atoms with van der Waals surface area (Å²) in [6.07, 6.45) is 0.520. The van der Waals surface area contributed by atoms with Gasteiger partial charge in [0.05, 0.1) is 6.61 Å². The first kappa shape index (κ1) is 10.7. The second-order valence-electron chi connectivity index (χ2n) is 3.48. The Balaban J connectivity index is 2.31. The minimum atomic E-state index is -0.239.